The van der Waals surface area contributed by atoms with Gasteiger partial charge in [-0.25, -0.2) is 14.4 Å². The number of anilines is 1. The Morgan fingerprint density at radius 2 is 2.17 bits per heavy atom. The first-order valence-corrected chi connectivity index (χ1v) is 8.05. The number of carbonyl (C=O) groups excluding carboxylic acids is 1. The fourth-order valence-corrected chi connectivity index (χ4v) is 2.93. The first kappa shape index (κ1) is 16.4. The van der Waals surface area contributed by atoms with Gasteiger partial charge in [0.05, 0.1) is 12.8 Å². The molecule has 0 bridgehead atoms. The molecule has 0 radical (unpaired) electrons. The second kappa shape index (κ2) is 6.94. The third kappa shape index (κ3) is 3.52. The molecule has 1 N–H and O–H groups in total. The summed E-state index contributed by atoms with van der Waals surface area (Å²) in [5.41, 5.74) is 1.40. The number of halogens is 2. The molecule has 24 heavy (non-hydrogen) atoms. The van der Waals surface area contributed by atoms with Gasteiger partial charge in [-0.2, -0.15) is 0 Å². The highest BCUT2D eigenvalue weighted by molar-refractivity contribution is 7.14. The third-order valence-corrected chi connectivity index (χ3v) is 4.12. The molecule has 5 nitrogen and oxygen atoms in total. The maximum Gasteiger partial charge on any atom is 0.257 e. The minimum absolute atomic E-state index is 0.229. The summed E-state index contributed by atoms with van der Waals surface area (Å²) in [6, 6.07) is 7.18. The van der Waals surface area contributed by atoms with E-state index in [1.807, 2.05) is 0 Å². The lowest BCUT2D eigenvalue weighted by atomic mass is 10.1. The Balaban J connectivity index is 1.84. The monoisotopic (exact) mass is 363 g/mol. The minimum Gasteiger partial charge on any atom is -0.496 e. The fourth-order valence-electron chi connectivity index (χ4n) is 2.05. The van der Waals surface area contributed by atoms with Crippen LogP contribution < -0.4 is 10.1 Å². The summed E-state index contributed by atoms with van der Waals surface area (Å²) >= 11 is 7.00. The van der Waals surface area contributed by atoms with Crippen molar-refractivity contribution >= 4 is 34.0 Å². The molecule has 0 saturated carbocycles. The Bertz CT molecular complexity index is 901. The Morgan fingerprint density at radius 1 is 1.33 bits per heavy atom. The highest BCUT2D eigenvalue weighted by Crippen LogP contribution is 2.32. The van der Waals surface area contributed by atoms with E-state index in [0.29, 0.717) is 27.7 Å². The maximum absolute atomic E-state index is 13.5. The summed E-state index contributed by atoms with van der Waals surface area (Å²) in [7, 11) is 1.50. The maximum atomic E-state index is 13.5. The Kier molecular flexibility index (Phi) is 4.73. The van der Waals surface area contributed by atoms with Crippen molar-refractivity contribution in [2.45, 2.75) is 0 Å². The van der Waals surface area contributed by atoms with Gasteiger partial charge in [0.2, 0.25) is 0 Å². The number of nitrogens with one attached hydrogen (secondary N) is 1. The second-order valence-corrected chi connectivity index (χ2v) is 5.95. The number of aromatic nitrogens is 2. The molecular formula is C16H11ClFN3O2S. The highest BCUT2D eigenvalue weighted by Gasteiger charge is 2.14. The lowest BCUT2D eigenvalue weighted by Crippen LogP contribution is -2.11. The molecule has 3 rings (SSSR count). The van der Waals surface area contributed by atoms with E-state index in [9.17, 15) is 9.18 Å². The molecule has 2 aromatic heterocycles. The molecule has 0 aliphatic carbocycles. The second-order valence-electron chi connectivity index (χ2n) is 4.70. The third-order valence-electron chi connectivity index (χ3n) is 3.15. The van der Waals surface area contributed by atoms with Gasteiger partial charge < -0.3 is 4.74 Å². The predicted octanol–water partition coefficient (Wildman–Crippen LogP) is 4.26. The van der Waals surface area contributed by atoms with Gasteiger partial charge in [-0.3, -0.25) is 10.1 Å². The molecular weight excluding hydrogens is 353 g/mol. The first-order chi connectivity index (χ1) is 11.6. The largest absolute Gasteiger partial charge is 0.496 e. The van der Waals surface area contributed by atoms with Crippen LogP contribution in [0, 0.1) is 5.82 Å². The standard InChI is InChI=1S/C16H11ClFN3O2S/c1-23-13-3-2-10(18)7-11(13)12-8-24-16(20-12)21-15(22)9-4-5-19-14(17)6-9/h2-8H,1H3,(H,20,21,22). The van der Waals surface area contributed by atoms with E-state index in [1.165, 1.54) is 48.9 Å². The molecule has 1 amide bonds. The zero-order chi connectivity index (χ0) is 17.1. The number of nitrogens with zero attached hydrogens (tertiary/aromatic N) is 2. The average molecular weight is 364 g/mol. The van der Waals surface area contributed by atoms with Crippen molar-refractivity contribution in [2.24, 2.45) is 0 Å². The molecule has 0 fully saturated rings. The van der Waals surface area contributed by atoms with Crippen molar-refractivity contribution in [1.82, 2.24) is 9.97 Å². The molecule has 0 aliphatic heterocycles. The van der Waals surface area contributed by atoms with Crippen LogP contribution in [0.15, 0.2) is 41.9 Å². The zero-order valence-corrected chi connectivity index (χ0v) is 14.0. The fraction of sp³-hybridized carbons (Fsp3) is 0.0625. The number of hydrogen-bond donors (Lipinski definition) is 1. The van der Waals surface area contributed by atoms with Crippen LogP contribution in [0.25, 0.3) is 11.3 Å². The number of rotatable bonds is 4. The van der Waals surface area contributed by atoms with Gasteiger partial charge in [0, 0.05) is 22.7 Å². The number of methoxy groups -OCH3 is 1. The quantitative estimate of drug-likeness (QED) is 0.703. The lowest BCUT2D eigenvalue weighted by Gasteiger charge is -2.06. The van der Waals surface area contributed by atoms with E-state index in [1.54, 1.807) is 11.4 Å². The molecule has 8 heteroatoms. The lowest BCUT2D eigenvalue weighted by molar-refractivity contribution is 0.102. The van der Waals surface area contributed by atoms with Gasteiger partial charge in [0.25, 0.3) is 5.91 Å². The van der Waals surface area contributed by atoms with E-state index in [4.69, 9.17) is 16.3 Å². The van der Waals surface area contributed by atoms with E-state index < -0.39 is 5.82 Å². The number of benzene rings is 1. The van der Waals surface area contributed by atoms with Gasteiger partial charge in [0.15, 0.2) is 5.13 Å². The number of hydrogen-bond acceptors (Lipinski definition) is 5. The van der Waals surface area contributed by atoms with Gasteiger partial charge in [-0.15, -0.1) is 11.3 Å². The van der Waals surface area contributed by atoms with Crippen molar-refractivity contribution in [1.29, 1.82) is 0 Å². The van der Waals surface area contributed by atoms with Crippen LogP contribution in [0.3, 0.4) is 0 Å². The summed E-state index contributed by atoms with van der Waals surface area (Å²) < 4.78 is 18.7. The summed E-state index contributed by atoms with van der Waals surface area (Å²) in [5, 5.41) is 5.00. The summed E-state index contributed by atoms with van der Waals surface area (Å²) in [6.07, 6.45) is 1.45. The van der Waals surface area contributed by atoms with E-state index in [-0.39, 0.29) is 11.1 Å². The summed E-state index contributed by atoms with van der Waals surface area (Å²) in [5.74, 6) is -0.247. The molecule has 122 valence electrons. The number of pyridine rings is 1. The van der Waals surface area contributed by atoms with Crippen molar-refractivity contribution < 1.29 is 13.9 Å². The van der Waals surface area contributed by atoms with E-state index in [2.05, 4.69) is 15.3 Å². The molecule has 3 aromatic rings. The summed E-state index contributed by atoms with van der Waals surface area (Å²) in [6.45, 7) is 0. The smallest absolute Gasteiger partial charge is 0.257 e. The molecule has 2 heterocycles. The molecule has 0 unspecified atom stereocenters. The van der Waals surface area contributed by atoms with E-state index >= 15 is 0 Å². The summed E-state index contributed by atoms with van der Waals surface area (Å²) in [4.78, 5) is 20.3. The average Bonchev–Trinajstić information content (AvgIpc) is 3.03. The van der Waals surface area contributed by atoms with Crippen molar-refractivity contribution in [2.75, 3.05) is 12.4 Å². The molecule has 0 spiro atoms. The van der Waals surface area contributed by atoms with Crippen LogP contribution in [0.4, 0.5) is 9.52 Å². The van der Waals surface area contributed by atoms with Crippen LogP contribution in [0.1, 0.15) is 10.4 Å². The topological polar surface area (TPSA) is 64.1 Å². The number of ether oxygens (including phenoxy) is 1. The van der Waals surface area contributed by atoms with Crippen LogP contribution >= 0.6 is 22.9 Å². The molecule has 1 aromatic carbocycles. The predicted molar refractivity (Wildman–Crippen MR) is 91.3 cm³/mol. The molecule has 0 atom stereocenters. The SMILES string of the molecule is COc1ccc(F)cc1-c1csc(NC(=O)c2ccnc(Cl)c2)n1. The highest BCUT2D eigenvalue weighted by atomic mass is 35.5. The number of thiazole rings is 1. The molecule has 0 aliphatic rings. The Labute approximate surface area is 146 Å². The molecule has 0 saturated heterocycles. The Morgan fingerprint density at radius 3 is 2.92 bits per heavy atom. The van der Waals surface area contributed by atoms with E-state index in [0.717, 1.165) is 0 Å². The van der Waals surface area contributed by atoms with Crippen molar-refractivity contribution in [3.63, 3.8) is 0 Å². The minimum atomic E-state index is -0.393. The van der Waals surface area contributed by atoms with Gasteiger partial charge in [-0.05, 0) is 30.3 Å². The van der Waals surface area contributed by atoms with Gasteiger partial charge in [0.1, 0.15) is 16.7 Å². The number of amides is 1. The first-order valence-electron chi connectivity index (χ1n) is 6.79. The van der Waals surface area contributed by atoms with Crippen LogP contribution in [0.2, 0.25) is 5.15 Å². The van der Waals surface area contributed by atoms with Crippen LogP contribution in [0.5, 0.6) is 5.75 Å². The normalized spacial score (nSPS) is 10.5. The Hall–Kier alpha value is -2.51. The van der Waals surface area contributed by atoms with Gasteiger partial charge >= 0.3 is 0 Å². The van der Waals surface area contributed by atoms with Crippen molar-refractivity contribution in [3.8, 4) is 17.0 Å². The zero-order valence-electron chi connectivity index (χ0n) is 12.4. The van der Waals surface area contributed by atoms with Crippen LogP contribution in [-0.2, 0) is 0 Å². The van der Waals surface area contributed by atoms with Gasteiger partial charge in [-0.1, -0.05) is 11.6 Å². The van der Waals surface area contributed by atoms with Crippen LogP contribution in [-0.4, -0.2) is 23.0 Å². The number of carbonyl (C=O) groups is 1. The van der Waals surface area contributed by atoms with Crippen molar-refractivity contribution in [3.05, 3.63) is 58.4 Å².